The number of rotatable bonds is 6. The smallest absolute Gasteiger partial charge is 0.239 e. The van der Waals surface area contributed by atoms with E-state index in [9.17, 15) is 0 Å². The number of methoxy groups -OCH3 is 1. The number of allylic oxidation sites excluding steroid dienone is 1. The van der Waals surface area contributed by atoms with Gasteiger partial charge in [-0.25, -0.2) is 0 Å². The molecular weight excluding hydrogens is 300 g/mol. The first-order chi connectivity index (χ1) is 11.8. The fourth-order valence-corrected chi connectivity index (χ4v) is 2.40. The number of aromatic nitrogens is 2. The fourth-order valence-electron chi connectivity index (χ4n) is 2.40. The van der Waals surface area contributed by atoms with Crippen LogP contribution in [0.1, 0.15) is 5.56 Å². The van der Waals surface area contributed by atoms with Crippen molar-refractivity contribution in [2.75, 3.05) is 7.11 Å². The van der Waals surface area contributed by atoms with Crippen molar-refractivity contribution in [3.63, 3.8) is 0 Å². The van der Waals surface area contributed by atoms with Gasteiger partial charge in [0.05, 0.1) is 12.8 Å². The van der Waals surface area contributed by atoms with Gasteiger partial charge in [-0.3, -0.25) is 0 Å². The van der Waals surface area contributed by atoms with E-state index < -0.39 is 0 Å². The largest absolute Gasteiger partial charge is 0.493 e. The molecule has 4 heteroatoms. The van der Waals surface area contributed by atoms with E-state index in [1.54, 1.807) is 13.2 Å². The van der Waals surface area contributed by atoms with Crippen LogP contribution >= 0.6 is 0 Å². The summed E-state index contributed by atoms with van der Waals surface area (Å²) in [6, 6.07) is 19.3. The number of nitrogens with zero attached hydrogens (tertiary/aromatic N) is 2. The lowest BCUT2D eigenvalue weighted by Gasteiger charge is -2.13. The second kappa shape index (κ2) is 7.42. The third-order valence-corrected chi connectivity index (χ3v) is 3.56. The zero-order valence-corrected chi connectivity index (χ0v) is 13.5. The molecule has 0 aliphatic heterocycles. The monoisotopic (exact) mass is 318 g/mol. The minimum absolute atomic E-state index is 0.421. The summed E-state index contributed by atoms with van der Waals surface area (Å²) in [5, 5.41) is 8.41. The van der Waals surface area contributed by atoms with E-state index in [0.717, 1.165) is 16.8 Å². The predicted molar refractivity (Wildman–Crippen MR) is 94.4 cm³/mol. The van der Waals surface area contributed by atoms with Crippen molar-refractivity contribution in [1.29, 1.82) is 0 Å². The summed E-state index contributed by atoms with van der Waals surface area (Å²) in [6.45, 7) is 3.78. The molecule has 1 heterocycles. The topological polar surface area (TPSA) is 44.2 Å². The average molecular weight is 318 g/mol. The predicted octanol–water partition coefficient (Wildman–Crippen LogP) is 4.67. The highest BCUT2D eigenvalue weighted by atomic mass is 16.5. The first kappa shape index (κ1) is 15.7. The van der Waals surface area contributed by atoms with E-state index in [1.165, 1.54) is 0 Å². The zero-order chi connectivity index (χ0) is 16.8. The molecule has 0 amide bonds. The molecule has 0 radical (unpaired) electrons. The van der Waals surface area contributed by atoms with Crippen molar-refractivity contribution >= 4 is 0 Å². The lowest BCUT2D eigenvalue weighted by Crippen LogP contribution is -1.98. The highest BCUT2D eigenvalue weighted by Crippen LogP contribution is 2.34. The van der Waals surface area contributed by atoms with Gasteiger partial charge < -0.3 is 9.47 Å². The average Bonchev–Trinajstić information content (AvgIpc) is 2.64. The van der Waals surface area contributed by atoms with Crippen LogP contribution in [-0.2, 0) is 6.42 Å². The second-order valence-electron chi connectivity index (χ2n) is 5.17. The van der Waals surface area contributed by atoms with Gasteiger partial charge in [0, 0.05) is 17.2 Å². The van der Waals surface area contributed by atoms with Crippen molar-refractivity contribution in [2.45, 2.75) is 6.42 Å². The Morgan fingerprint density at radius 3 is 2.46 bits per heavy atom. The maximum atomic E-state index is 5.93. The number of ether oxygens (including phenoxy) is 2. The fraction of sp³-hybridized carbons (Fsp3) is 0.100. The van der Waals surface area contributed by atoms with Gasteiger partial charge >= 0.3 is 0 Å². The van der Waals surface area contributed by atoms with Crippen LogP contribution < -0.4 is 9.47 Å². The van der Waals surface area contributed by atoms with Gasteiger partial charge in [0.1, 0.15) is 0 Å². The molecule has 0 saturated heterocycles. The van der Waals surface area contributed by atoms with Gasteiger partial charge in [-0.15, -0.1) is 16.8 Å². The van der Waals surface area contributed by atoms with Crippen molar-refractivity contribution in [3.8, 4) is 28.6 Å². The maximum absolute atomic E-state index is 5.93. The first-order valence-corrected chi connectivity index (χ1v) is 7.65. The summed E-state index contributed by atoms with van der Waals surface area (Å²) in [5.74, 6) is 1.72. The van der Waals surface area contributed by atoms with Gasteiger partial charge in [0.15, 0.2) is 11.5 Å². The molecule has 1 aromatic heterocycles. The zero-order valence-electron chi connectivity index (χ0n) is 13.5. The molecule has 0 atom stereocenters. The van der Waals surface area contributed by atoms with Crippen LogP contribution in [0.4, 0.5) is 0 Å². The molecule has 0 unspecified atom stereocenters. The van der Waals surface area contributed by atoms with Gasteiger partial charge in [0.25, 0.3) is 0 Å². The van der Waals surface area contributed by atoms with Crippen LogP contribution in [0.3, 0.4) is 0 Å². The van der Waals surface area contributed by atoms with E-state index in [1.807, 2.05) is 60.7 Å². The Balaban J connectivity index is 1.88. The van der Waals surface area contributed by atoms with E-state index in [0.29, 0.717) is 23.8 Å². The number of para-hydroxylation sites is 1. The Morgan fingerprint density at radius 2 is 1.79 bits per heavy atom. The summed E-state index contributed by atoms with van der Waals surface area (Å²) in [5.41, 5.74) is 2.80. The molecule has 0 aliphatic rings. The molecule has 0 saturated carbocycles. The highest BCUT2D eigenvalue weighted by Gasteiger charge is 2.12. The molecule has 0 aliphatic carbocycles. The number of benzene rings is 2. The van der Waals surface area contributed by atoms with E-state index >= 15 is 0 Å². The molecule has 3 aromatic rings. The van der Waals surface area contributed by atoms with Crippen molar-refractivity contribution in [3.05, 3.63) is 78.9 Å². The van der Waals surface area contributed by atoms with Crippen molar-refractivity contribution < 1.29 is 9.47 Å². The molecule has 4 nitrogen and oxygen atoms in total. The lowest BCUT2D eigenvalue weighted by molar-refractivity contribution is 0.370. The van der Waals surface area contributed by atoms with Crippen molar-refractivity contribution in [2.24, 2.45) is 0 Å². The molecule has 0 fully saturated rings. The van der Waals surface area contributed by atoms with Crippen LogP contribution in [0.2, 0.25) is 0 Å². The number of hydrogen-bond donors (Lipinski definition) is 0. The van der Waals surface area contributed by atoms with E-state index in [2.05, 4.69) is 16.8 Å². The van der Waals surface area contributed by atoms with Gasteiger partial charge in [-0.05, 0) is 18.6 Å². The molecule has 0 spiro atoms. The molecule has 120 valence electrons. The minimum atomic E-state index is 0.421. The SMILES string of the molecule is C=CCc1cccc(OC)c1Oc1ccc(-c2ccccc2)nn1. The number of hydrogen-bond acceptors (Lipinski definition) is 4. The van der Waals surface area contributed by atoms with Crippen LogP contribution in [0.5, 0.6) is 17.4 Å². The van der Waals surface area contributed by atoms with Gasteiger partial charge in [-0.1, -0.05) is 48.5 Å². The summed E-state index contributed by atoms with van der Waals surface area (Å²) >= 11 is 0. The molecule has 0 N–H and O–H groups in total. The Bertz CT molecular complexity index is 815. The Hall–Kier alpha value is -3.14. The van der Waals surface area contributed by atoms with Gasteiger partial charge in [0.2, 0.25) is 5.88 Å². The third-order valence-electron chi connectivity index (χ3n) is 3.56. The Kier molecular flexibility index (Phi) is 4.87. The highest BCUT2D eigenvalue weighted by molar-refractivity contribution is 5.58. The third kappa shape index (κ3) is 3.43. The van der Waals surface area contributed by atoms with Crippen LogP contribution in [0.15, 0.2) is 73.3 Å². The summed E-state index contributed by atoms with van der Waals surface area (Å²) < 4.78 is 11.3. The van der Waals surface area contributed by atoms with Gasteiger partial charge in [-0.2, -0.15) is 0 Å². The molecule has 2 aromatic carbocycles. The van der Waals surface area contributed by atoms with E-state index in [-0.39, 0.29) is 0 Å². The quantitative estimate of drug-likeness (QED) is 0.619. The minimum Gasteiger partial charge on any atom is -0.493 e. The van der Waals surface area contributed by atoms with Crippen molar-refractivity contribution in [1.82, 2.24) is 10.2 Å². The summed E-state index contributed by atoms with van der Waals surface area (Å²) in [6.07, 6.45) is 2.51. The Labute approximate surface area is 141 Å². The molecule has 3 rings (SSSR count). The molecule has 24 heavy (non-hydrogen) atoms. The molecular formula is C20H18N2O2. The summed E-state index contributed by atoms with van der Waals surface area (Å²) in [7, 11) is 1.62. The maximum Gasteiger partial charge on any atom is 0.239 e. The normalized spacial score (nSPS) is 10.2. The second-order valence-corrected chi connectivity index (χ2v) is 5.17. The summed E-state index contributed by atoms with van der Waals surface area (Å²) in [4.78, 5) is 0. The lowest BCUT2D eigenvalue weighted by atomic mass is 10.1. The van der Waals surface area contributed by atoms with Crippen LogP contribution in [0.25, 0.3) is 11.3 Å². The standard InChI is InChI=1S/C20H18N2O2/c1-3-8-16-11-7-12-18(23-2)20(16)24-19-14-13-17(21-22-19)15-9-5-4-6-10-15/h3-7,9-14H,1,8H2,2H3. The Morgan fingerprint density at radius 1 is 0.958 bits per heavy atom. The van der Waals surface area contributed by atoms with Crippen LogP contribution in [-0.4, -0.2) is 17.3 Å². The van der Waals surface area contributed by atoms with E-state index in [4.69, 9.17) is 9.47 Å². The first-order valence-electron chi connectivity index (χ1n) is 7.65. The van der Waals surface area contributed by atoms with Crippen LogP contribution in [0, 0.1) is 0 Å². The molecule has 0 bridgehead atoms.